The molecule has 0 radical (unpaired) electrons. The molecule has 368 valence electrons. The highest BCUT2D eigenvalue weighted by molar-refractivity contribution is 7.47. The van der Waals surface area contributed by atoms with Crippen LogP contribution < -0.4 is 5.32 Å². The first-order valence-electron chi connectivity index (χ1n) is 24.4. The highest BCUT2D eigenvalue weighted by Gasteiger charge is 2.28. The Hall–Kier alpha value is -3.86. The smallest absolute Gasteiger partial charge is 0.472 e. The predicted molar refractivity (Wildman–Crippen MR) is 267 cm³/mol. The Labute approximate surface area is 393 Å². The van der Waals surface area contributed by atoms with Gasteiger partial charge in [-0.1, -0.05) is 175 Å². The molecule has 65 heavy (non-hydrogen) atoms. The van der Waals surface area contributed by atoms with E-state index in [1.807, 2.05) is 12.2 Å². The second-order valence-electron chi connectivity index (χ2n) is 15.9. The zero-order valence-electron chi connectivity index (χ0n) is 40.0. The third-order valence-corrected chi connectivity index (χ3v) is 10.7. The van der Waals surface area contributed by atoms with Crippen LogP contribution in [0.4, 0.5) is 0 Å². The van der Waals surface area contributed by atoms with E-state index < -0.39 is 57.6 Å². The van der Waals surface area contributed by atoms with Gasteiger partial charge in [0.2, 0.25) is 5.91 Å². The number of aliphatic carboxylic acids is 1. The van der Waals surface area contributed by atoms with Gasteiger partial charge in [0.15, 0.2) is 6.04 Å². The maximum atomic E-state index is 12.3. The van der Waals surface area contributed by atoms with Crippen LogP contribution in [0.5, 0.6) is 0 Å². The molecule has 0 saturated carbocycles. The summed E-state index contributed by atoms with van der Waals surface area (Å²) < 4.78 is 26.9. The van der Waals surface area contributed by atoms with Gasteiger partial charge in [-0.2, -0.15) is 0 Å². The molecule has 11 nitrogen and oxygen atoms in total. The zero-order chi connectivity index (χ0) is 47.7. The number of ether oxygens (including phenoxy) is 1. The van der Waals surface area contributed by atoms with Crippen LogP contribution in [0.1, 0.15) is 174 Å². The average molecular weight is 928 g/mol. The largest absolute Gasteiger partial charge is 0.480 e. The Balaban J connectivity index is 3.98. The van der Waals surface area contributed by atoms with Gasteiger partial charge < -0.3 is 25.2 Å². The number of amides is 1. The van der Waals surface area contributed by atoms with Crippen molar-refractivity contribution in [3.8, 4) is 0 Å². The summed E-state index contributed by atoms with van der Waals surface area (Å²) in [6, 6.07) is -1.57. The summed E-state index contributed by atoms with van der Waals surface area (Å²) >= 11 is 0. The molecule has 0 aliphatic rings. The summed E-state index contributed by atoms with van der Waals surface area (Å²) in [5.41, 5.74) is 0. The van der Waals surface area contributed by atoms with Crippen molar-refractivity contribution >= 4 is 25.7 Å². The second kappa shape index (κ2) is 46.7. The highest BCUT2D eigenvalue weighted by atomic mass is 31.2. The quantitative estimate of drug-likeness (QED) is 0.0200. The zero-order valence-corrected chi connectivity index (χ0v) is 40.9. The van der Waals surface area contributed by atoms with Gasteiger partial charge in [-0.25, -0.2) is 9.36 Å². The van der Waals surface area contributed by atoms with Crippen LogP contribution in [0.15, 0.2) is 109 Å². The van der Waals surface area contributed by atoms with Crippen molar-refractivity contribution < 1.29 is 47.8 Å². The number of nitrogens with one attached hydrogen (secondary N) is 1. The van der Waals surface area contributed by atoms with Crippen LogP contribution >= 0.6 is 7.82 Å². The lowest BCUT2D eigenvalue weighted by Crippen LogP contribution is -2.43. The summed E-state index contributed by atoms with van der Waals surface area (Å²) in [4.78, 5) is 46.0. The van der Waals surface area contributed by atoms with Crippen LogP contribution in [0.2, 0.25) is 0 Å². The standard InChI is InChI=1S/C53H86NO10P/c1-3-5-7-9-11-13-15-17-19-21-23-24-25-26-27-29-31-33-35-37-39-41-43-45-52(57)62-46-49(55)47-63-65(60,61)64-48-50(53(58)59)54-51(56)44-42-40-38-36-34-32-30-28-22-20-18-16-14-12-10-8-6-4-2/h5,7,11,13-14,16-17,19-20,22-24,26-27,31,33,37,39,49-50,55H,3-4,6,8-10,12,15,18,21,25,28-30,32,34-36,38,40-48H2,1-2H3,(H,54,56)(H,58,59)(H,60,61)/b7-5-,13-11-,16-14-,19-17-,22-20-,24-23-,27-26-,33-31-,39-37-. The molecule has 0 aromatic heterocycles. The van der Waals surface area contributed by atoms with Crippen LogP contribution in [-0.4, -0.2) is 64.9 Å². The molecule has 0 rings (SSSR count). The van der Waals surface area contributed by atoms with Gasteiger partial charge in [0.1, 0.15) is 12.7 Å². The Morgan fingerprint density at radius 3 is 1.37 bits per heavy atom. The molecule has 3 atom stereocenters. The molecule has 0 spiro atoms. The molecule has 0 heterocycles. The molecule has 1 amide bonds. The minimum atomic E-state index is -4.78. The summed E-state index contributed by atoms with van der Waals surface area (Å²) in [5, 5.41) is 21.9. The summed E-state index contributed by atoms with van der Waals surface area (Å²) in [6.07, 6.45) is 61.1. The lowest BCUT2D eigenvalue weighted by atomic mass is 10.1. The van der Waals surface area contributed by atoms with Crippen LogP contribution in [0.25, 0.3) is 0 Å². The third kappa shape index (κ3) is 46.5. The van der Waals surface area contributed by atoms with E-state index in [9.17, 15) is 34.1 Å². The van der Waals surface area contributed by atoms with Gasteiger partial charge in [0.25, 0.3) is 0 Å². The number of carbonyl (C=O) groups is 3. The summed E-state index contributed by atoms with van der Waals surface area (Å²) in [5.74, 6) is -2.46. The SMILES string of the molecule is CC/C=C\C/C=C\C/C=C\C/C=C\C/C=C\C/C=C\C/C=C\CCCC(=O)OCC(O)COP(=O)(O)OCC(NC(=O)CCCCCCCCC/C=C\C/C=C\CCCCCC)C(=O)O. The normalized spacial score (nSPS) is 14.5. The van der Waals surface area contributed by atoms with Crippen LogP contribution in [0, 0.1) is 0 Å². The molecule has 0 fully saturated rings. The maximum absolute atomic E-state index is 12.3. The summed E-state index contributed by atoms with van der Waals surface area (Å²) in [7, 11) is -4.78. The number of aliphatic hydroxyl groups is 1. The van der Waals surface area contributed by atoms with Gasteiger partial charge in [0.05, 0.1) is 13.2 Å². The number of aliphatic hydroxyl groups excluding tert-OH is 1. The van der Waals surface area contributed by atoms with E-state index in [1.54, 1.807) is 0 Å². The second-order valence-corrected chi connectivity index (χ2v) is 17.4. The topological polar surface area (TPSA) is 169 Å². The molecule has 0 aliphatic heterocycles. The number of hydrogen-bond donors (Lipinski definition) is 4. The number of hydrogen-bond acceptors (Lipinski definition) is 8. The van der Waals surface area contributed by atoms with E-state index in [0.717, 1.165) is 96.3 Å². The Morgan fingerprint density at radius 1 is 0.508 bits per heavy atom. The molecular formula is C53H86NO10P. The van der Waals surface area contributed by atoms with Crippen molar-refractivity contribution in [2.24, 2.45) is 0 Å². The number of esters is 1. The molecule has 0 aliphatic carbocycles. The van der Waals surface area contributed by atoms with E-state index >= 15 is 0 Å². The molecule has 0 aromatic rings. The average Bonchev–Trinajstić information content (AvgIpc) is 3.28. The molecule has 12 heteroatoms. The number of unbranched alkanes of at least 4 members (excludes halogenated alkanes) is 12. The number of carbonyl (C=O) groups excluding carboxylic acids is 2. The summed E-state index contributed by atoms with van der Waals surface area (Å²) in [6.45, 7) is 2.39. The van der Waals surface area contributed by atoms with Crippen molar-refractivity contribution in [1.29, 1.82) is 0 Å². The minimum Gasteiger partial charge on any atom is -0.480 e. The van der Waals surface area contributed by atoms with Gasteiger partial charge in [-0.05, 0) is 96.3 Å². The highest BCUT2D eigenvalue weighted by Crippen LogP contribution is 2.43. The number of phosphoric ester groups is 1. The van der Waals surface area contributed by atoms with Gasteiger partial charge in [-0.15, -0.1) is 0 Å². The fourth-order valence-electron chi connectivity index (χ4n) is 6.04. The lowest BCUT2D eigenvalue weighted by molar-refractivity contribution is -0.147. The maximum Gasteiger partial charge on any atom is 0.472 e. The molecular weight excluding hydrogens is 842 g/mol. The van der Waals surface area contributed by atoms with Crippen LogP contribution in [-0.2, 0) is 32.7 Å². The first-order chi connectivity index (χ1) is 31.6. The van der Waals surface area contributed by atoms with E-state index in [4.69, 9.17) is 13.8 Å². The van der Waals surface area contributed by atoms with Crippen molar-refractivity contribution in [2.75, 3.05) is 19.8 Å². The lowest BCUT2D eigenvalue weighted by Gasteiger charge is -2.18. The number of carboxylic acid groups (broad SMARTS) is 1. The Morgan fingerprint density at radius 2 is 0.908 bits per heavy atom. The number of rotatable bonds is 44. The predicted octanol–water partition coefficient (Wildman–Crippen LogP) is 13.4. The van der Waals surface area contributed by atoms with Gasteiger partial charge in [0, 0.05) is 12.8 Å². The molecule has 0 bridgehead atoms. The minimum absolute atomic E-state index is 0.127. The van der Waals surface area contributed by atoms with Crippen molar-refractivity contribution in [3.05, 3.63) is 109 Å². The van der Waals surface area contributed by atoms with E-state index in [-0.39, 0.29) is 12.8 Å². The van der Waals surface area contributed by atoms with E-state index in [0.29, 0.717) is 19.3 Å². The number of carboxylic acids is 1. The van der Waals surface area contributed by atoms with Gasteiger partial charge >= 0.3 is 19.8 Å². The molecule has 4 N–H and O–H groups in total. The van der Waals surface area contributed by atoms with Crippen LogP contribution in [0.3, 0.4) is 0 Å². The van der Waals surface area contributed by atoms with Crippen molar-refractivity contribution in [2.45, 2.75) is 187 Å². The monoisotopic (exact) mass is 928 g/mol. The van der Waals surface area contributed by atoms with E-state index in [1.165, 1.54) is 32.1 Å². The number of allylic oxidation sites excluding steroid dienone is 18. The number of phosphoric acid groups is 1. The third-order valence-electron chi connectivity index (χ3n) is 9.80. The molecule has 3 unspecified atom stereocenters. The Bertz CT molecular complexity index is 1510. The fourth-order valence-corrected chi connectivity index (χ4v) is 6.81. The molecule has 0 saturated heterocycles. The van der Waals surface area contributed by atoms with E-state index in [2.05, 4.69) is 116 Å². The van der Waals surface area contributed by atoms with Crippen molar-refractivity contribution in [1.82, 2.24) is 5.32 Å². The first-order valence-corrected chi connectivity index (χ1v) is 25.9. The Kier molecular flexibility index (Phi) is 43.9. The first kappa shape index (κ1) is 61.1. The fraction of sp³-hybridized carbons (Fsp3) is 0.604. The van der Waals surface area contributed by atoms with Crippen molar-refractivity contribution in [3.63, 3.8) is 0 Å². The molecule has 0 aromatic carbocycles. The van der Waals surface area contributed by atoms with Gasteiger partial charge in [-0.3, -0.25) is 18.6 Å².